The summed E-state index contributed by atoms with van der Waals surface area (Å²) in [4.78, 5) is 10.6. The van der Waals surface area contributed by atoms with Gasteiger partial charge in [0.15, 0.2) is 18.1 Å². The molecule has 1 aromatic carbocycles. The first-order chi connectivity index (χ1) is 10.5. The molecule has 0 saturated heterocycles. The molecule has 2 rings (SSSR count). The molecule has 0 fully saturated rings. The van der Waals surface area contributed by atoms with Crippen LogP contribution in [0.5, 0.6) is 5.75 Å². The third-order valence-electron chi connectivity index (χ3n) is 2.95. The lowest BCUT2D eigenvalue weighted by Gasteiger charge is -2.11. The van der Waals surface area contributed by atoms with Gasteiger partial charge in [0.25, 0.3) is 11.4 Å². The van der Waals surface area contributed by atoms with Crippen LogP contribution in [0.15, 0.2) is 42.2 Å². The number of carboxylic acids is 1. The predicted molar refractivity (Wildman–Crippen MR) is 75.7 cm³/mol. The summed E-state index contributed by atoms with van der Waals surface area (Å²) in [7, 11) is 0. The summed E-state index contributed by atoms with van der Waals surface area (Å²) in [5.41, 5.74) is 2.07. The van der Waals surface area contributed by atoms with Gasteiger partial charge < -0.3 is 14.9 Å². The Labute approximate surface area is 125 Å². The van der Waals surface area contributed by atoms with Crippen LogP contribution in [0.25, 0.3) is 0 Å². The Hall–Kier alpha value is -3.00. The number of para-hydroxylation sites is 1. The molecule has 5 N–H and O–H groups in total. The van der Waals surface area contributed by atoms with E-state index in [-0.39, 0.29) is 35.0 Å². The van der Waals surface area contributed by atoms with Crippen LogP contribution in [0.1, 0.15) is 6.42 Å². The fourth-order valence-electron chi connectivity index (χ4n) is 1.96. The van der Waals surface area contributed by atoms with Gasteiger partial charge in [-0.15, -0.1) is 0 Å². The molecule has 8 heteroatoms. The minimum absolute atomic E-state index is 0.0811. The first-order valence-electron chi connectivity index (χ1n) is 6.33. The molecule has 0 unspecified atom stereocenters. The number of hydrogen-bond acceptors (Lipinski definition) is 6. The Kier molecular flexibility index (Phi) is 4.64. The molecule has 0 atom stereocenters. The summed E-state index contributed by atoms with van der Waals surface area (Å²) in [6.45, 7) is -0.553. The van der Waals surface area contributed by atoms with Crippen LogP contribution in [-0.2, 0) is 9.53 Å². The number of nitrogens with one attached hydrogen (secondary N) is 1. The Morgan fingerprint density at radius 1 is 1.41 bits per heavy atom. The molecule has 0 aliphatic heterocycles. The molecule has 1 aliphatic rings. The second kappa shape index (κ2) is 6.64. The van der Waals surface area contributed by atoms with E-state index in [1.54, 1.807) is 12.2 Å². The van der Waals surface area contributed by atoms with Crippen LogP contribution in [0.2, 0.25) is 0 Å². The molecule has 1 aromatic rings. The van der Waals surface area contributed by atoms with Crippen LogP contribution in [0, 0.1) is 0 Å². The van der Waals surface area contributed by atoms with Crippen molar-refractivity contribution in [2.45, 2.75) is 6.42 Å². The number of anilines is 1. The van der Waals surface area contributed by atoms with E-state index in [0.29, 0.717) is 0 Å². The molecule has 1 aliphatic carbocycles. The molecule has 0 radical (unpaired) electrons. The van der Waals surface area contributed by atoms with Crippen molar-refractivity contribution >= 4 is 23.1 Å². The lowest BCUT2D eigenvalue weighted by molar-refractivity contribution is -0.713. The molecular weight excluding hydrogens is 292 g/mol. The number of aromatic hydroxyl groups is 1. The maximum absolute atomic E-state index is 10.6. The fourth-order valence-corrected chi connectivity index (χ4v) is 1.96. The van der Waals surface area contributed by atoms with Gasteiger partial charge in [-0.1, -0.05) is 18.2 Å². The molecule has 0 spiro atoms. The Morgan fingerprint density at radius 3 is 2.86 bits per heavy atom. The molecule has 8 nitrogen and oxygen atoms in total. The molecule has 22 heavy (non-hydrogen) atoms. The average molecular weight is 307 g/mol. The summed E-state index contributed by atoms with van der Waals surface area (Å²) in [6.07, 6.45) is 5.20. The predicted octanol–water partition coefficient (Wildman–Crippen LogP) is 1.61. The quantitative estimate of drug-likeness (QED) is 0.242. The summed E-state index contributed by atoms with van der Waals surface area (Å²) in [6, 6.07) is 4.27. The van der Waals surface area contributed by atoms with E-state index in [9.17, 15) is 15.1 Å². The van der Waals surface area contributed by atoms with Crippen LogP contribution in [-0.4, -0.2) is 43.7 Å². The van der Waals surface area contributed by atoms with Gasteiger partial charge in [-0.25, -0.2) is 4.79 Å². The number of ether oxygens (including phenoxy) is 1. The maximum Gasteiger partial charge on any atom is 0.341 e. The molecule has 0 heterocycles. The van der Waals surface area contributed by atoms with Gasteiger partial charge in [0.05, 0.1) is 6.42 Å². The van der Waals surface area contributed by atoms with E-state index in [2.05, 4.69) is 0 Å². The summed E-state index contributed by atoms with van der Waals surface area (Å²) >= 11 is 0. The van der Waals surface area contributed by atoms with Crippen LogP contribution in [0.4, 0.5) is 11.4 Å². The average Bonchev–Trinajstić information content (AvgIpc) is 2.52. The summed E-state index contributed by atoms with van der Waals surface area (Å²) in [5, 5.41) is 37.8. The highest BCUT2D eigenvalue weighted by atomic mass is 16.5. The standard InChI is InChI=1S/C14H14N2O6/c17-11-6-3-5-10(14(11)15-20)16(21)9-4-1-2-7-12(9)22-8-13(18)19/h1-3,5-7,15,20H,4,8H2,(H2-,17,18,19,21)/p+1/b16-9-. The fraction of sp³-hybridized carbons (Fsp3) is 0.143. The number of phenolic OH excluding ortho intramolecular Hbond substituents is 1. The van der Waals surface area contributed by atoms with Crippen molar-refractivity contribution in [3.8, 4) is 5.75 Å². The number of allylic oxidation sites excluding steroid dienone is 4. The Balaban J connectivity index is 2.43. The van der Waals surface area contributed by atoms with Gasteiger partial charge in [0, 0.05) is 10.8 Å². The normalized spacial score (nSPS) is 16.0. The zero-order valence-electron chi connectivity index (χ0n) is 11.4. The summed E-state index contributed by atoms with van der Waals surface area (Å²) in [5.74, 6) is -1.23. The number of carbonyl (C=O) groups is 1. The van der Waals surface area contributed by atoms with Gasteiger partial charge in [-0.2, -0.15) is 0 Å². The minimum Gasteiger partial charge on any atom is -0.505 e. The van der Waals surface area contributed by atoms with E-state index < -0.39 is 12.6 Å². The number of phenols is 1. The van der Waals surface area contributed by atoms with Gasteiger partial charge in [0.1, 0.15) is 5.75 Å². The lowest BCUT2D eigenvalue weighted by Crippen LogP contribution is -2.21. The van der Waals surface area contributed by atoms with Crippen molar-refractivity contribution in [2.75, 3.05) is 12.1 Å². The molecule has 0 bridgehead atoms. The lowest BCUT2D eigenvalue weighted by atomic mass is 10.1. The van der Waals surface area contributed by atoms with Gasteiger partial charge >= 0.3 is 5.97 Å². The second-order valence-corrected chi connectivity index (χ2v) is 4.39. The van der Waals surface area contributed by atoms with Gasteiger partial charge in [-0.3, -0.25) is 15.9 Å². The zero-order valence-corrected chi connectivity index (χ0v) is 11.4. The van der Waals surface area contributed by atoms with E-state index in [1.807, 2.05) is 5.48 Å². The van der Waals surface area contributed by atoms with Crippen molar-refractivity contribution in [3.63, 3.8) is 0 Å². The smallest absolute Gasteiger partial charge is 0.341 e. The van der Waals surface area contributed by atoms with E-state index in [1.165, 1.54) is 24.3 Å². The monoisotopic (exact) mass is 307 g/mol. The SMILES string of the molecule is O=C(O)COC1=CC=CC/C1=[N+](/O)c1cccc(O)c1NO. The van der Waals surface area contributed by atoms with E-state index in [0.717, 1.165) is 4.74 Å². The first kappa shape index (κ1) is 15.4. The first-order valence-corrected chi connectivity index (χ1v) is 6.33. The van der Waals surface area contributed by atoms with Crippen molar-refractivity contribution in [2.24, 2.45) is 0 Å². The number of rotatable bonds is 5. The number of hydrogen-bond donors (Lipinski definition) is 5. The van der Waals surface area contributed by atoms with E-state index in [4.69, 9.17) is 15.1 Å². The third kappa shape index (κ3) is 3.18. The zero-order chi connectivity index (χ0) is 16.1. The molecule has 0 saturated carbocycles. The van der Waals surface area contributed by atoms with Crippen LogP contribution < -0.4 is 5.48 Å². The van der Waals surface area contributed by atoms with Gasteiger partial charge in [0.2, 0.25) is 0 Å². The van der Waals surface area contributed by atoms with Crippen molar-refractivity contribution in [1.29, 1.82) is 0 Å². The second-order valence-electron chi connectivity index (χ2n) is 4.39. The number of aliphatic carboxylic acids is 1. The minimum atomic E-state index is -1.14. The Morgan fingerprint density at radius 2 is 2.18 bits per heavy atom. The highest BCUT2D eigenvalue weighted by Gasteiger charge is 2.28. The molecule has 0 aromatic heterocycles. The maximum atomic E-state index is 10.6. The third-order valence-corrected chi connectivity index (χ3v) is 2.95. The van der Waals surface area contributed by atoms with Crippen molar-refractivity contribution < 1.29 is 34.9 Å². The largest absolute Gasteiger partial charge is 0.505 e. The highest BCUT2D eigenvalue weighted by molar-refractivity contribution is 5.97. The Bertz CT molecular complexity index is 678. The van der Waals surface area contributed by atoms with Crippen LogP contribution >= 0.6 is 0 Å². The number of carboxylic acid groups (broad SMARTS) is 1. The molecule has 0 amide bonds. The number of nitrogens with zero attached hydrogens (tertiary/aromatic N) is 1. The number of benzene rings is 1. The van der Waals surface area contributed by atoms with Crippen molar-refractivity contribution in [1.82, 2.24) is 0 Å². The van der Waals surface area contributed by atoms with E-state index >= 15 is 0 Å². The van der Waals surface area contributed by atoms with Crippen LogP contribution in [0.3, 0.4) is 0 Å². The van der Waals surface area contributed by atoms with Crippen molar-refractivity contribution in [3.05, 3.63) is 42.2 Å². The molecule has 116 valence electrons. The topological polar surface area (TPSA) is 122 Å². The van der Waals surface area contributed by atoms with Gasteiger partial charge in [-0.05, 0) is 12.1 Å². The summed E-state index contributed by atoms with van der Waals surface area (Å²) < 4.78 is 5.85. The molecular formula is C14H15N2O6+. The highest BCUT2D eigenvalue weighted by Crippen LogP contribution is 2.33.